The Morgan fingerprint density at radius 3 is 1.40 bits per heavy atom. The number of benzene rings is 4. The van der Waals surface area contributed by atoms with Crippen LogP contribution >= 0.6 is 0 Å². The molecule has 4 aromatic rings. The number of hydrogen-bond donors (Lipinski definition) is 0. The van der Waals surface area contributed by atoms with Gasteiger partial charge in [0, 0.05) is 13.2 Å². The average molecular weight is 567 g/mol. The van der Waals surface area contributed by atoms with Gasteiger partial charge in [-0.05, 0) is 46.8 Å². The molecule has 0 saturated carbocycles. The van der Waals surface area contributed by atoms with Gasteiger partial charge < -0.3 is 13.3 Å². The first kappa shape index (κ1) is 28.7. The van der Waals surface area contributed by atoms with Gasteiger partial charge in [-0.25, -0.2) is 0 Å². The van der Waals surface area contributed by atoms with Crippen LogP contribution in [0, 0.1) is 0 Å². The summed E-state index contributed by atoms with van der Waals surface area (Å²) in [6.45, 7) is 5.86. The van der Waals surface area contributed by atoms with Crippen LogP contribution in [0.25, 0.3) is 0 Å². The second-order valence-corrected chi connectivity index (χ2v) is 20.4. The Kier molecular flexibility index (Phi) is 9.50. The highest BCUT2D eigenvalue weighted by Gasteiger charge is 2.70. The van der Waals surface area contributed by atoms with Gasteiger partial charge in [0.2, 0.25) is 0 Å². The lowest BCUT2D eigenvalue weighted by Gasteiger charge is -2.55. The van der Waals surface area contributed by atoms with Crippen molar-refractivity contribution < 1.29 is 13.3 Å². The highest BCUT2D eigenvalue weighted by Crippen LogP contribution is 2.49. The number of rotatable bonds is 12. The molecule has 0 spiro atoms. The van der Waals surface area contributed by atoms with E-state index in [1.807, 2.05) is 0 Å². The van der Waals surface area contributed by atoms with E-state index in [0.29, 0.717) is 13.2 Å². The van der Waals surface area contributed by atoms with Crippen molar-refractivity contribution in [2.45, 2.75) is 57.6 Å². The fourth-order valence-electron chi connectivity index (χ4n) is 6.12. The molecule has 0 N–H and O–H groups in total. The molecule has 0 atom stereocenters. The van der Waals surface area contributed by atoms with E-state index in [9.17, 15) is 0 Å². The van der Waals surface area contributed by atoms with Crippen molar-refractivity contribution in [2.24, 2.45) is 0 Å². The summed E-state index contributed by atoms with van der Waals surface area (Å²) in [6.07, 6.45) is 5.03. The summed E-state index contributed by atoms with van der Waals surface area (Å²) in [7, 11) is -6.08. The van der Waals surface area contributed by atoms with Gasteiger partial charge in [-0.15, -0.1) is 0 Å². The van der Waals surface area contributed by atoms with Crippen molar-refractivity contribution in [3.8, 4) is 0 Å². The Labute approximate surface area is 242 Å². The van der Waals surface area contributed by atoms with Crippen molar-refractivity contribution in [1.29, 1.82) is 0 Å². The van der Waals surface area contributed by atoms with Gasteiger partial charge in [-0.1, -0.05) is 148 Å². The zero-order chi connectivity index (χ0) is 27.7. The molecule has 0 aliphatic carbocycles. The van der Waals surface area contributed by atoms with Crippen LogP contribution in [0.1, 0.15) is 57.1 Å². The molecule has 0 aromatic heterocycles. The largest absolute Gasteiger partial charge is 0.395 e. The zero-order valence-corrected chi connectivity index (χ0v) is 25.9. The van der Waals surface area contributed by atoms with E-state index in [0.717, 1.165) is 38.1 Å². The smallest absolute Gasteiger partial charge is 0.360 e. The molecule has 40 heavy (non-hydrogen) atoms. The van der Waals surface area contributed by atoms with Crippen molar-refractivity contribution in [3.63, 3.8) is 0 Å². The van der Waals surface area contributed by atoms with Crippen LogP contribution < -0.4 is 10.4 Å². The molecule has 1 heterocycles. The van der Waals surface area contributed by atoms with Gasteiger partial charge in [0.25, 0.3) is 0 Å². The SMILES string of the molecule is CCCCO[Si]1(OCCCC)CCC(c2ccccc2)(c2ccccc2)O[Si]1(c1ccccc1)c1ccccc1. The van der Waals surface area contributed by atoms with Crippen molar-refractivity contribution in [2.75, 3.05) is 13.2 Å². The summed E-state index contributed by atoms with van der Waals surface area (Å²) >= 11 is 0. The van der Waals surface area contributed by atoms with Crippen LogP contribution in [0.2, 0.25) is 6.04 Å². The van der Waals surface area contributed by atoms with E-state index in [1.54, 1.807) is 0 Å². The fourth-order valence-corrected chi connectivity index (χ4v) is 20.6. The fraction of sp³-hybridized carbons (Fsp3) is 0.314. The van der Waals surface area contributed by atoms with E-state index >= 15 is 0 Å². The third kappa shape index (κ3) is 5.41. The molecule has 5 rings (SSSR count). The van der Waals surface area contributed by atoms with E-state index in [-0.39, 0.29) is 0 Å². The molecular weight excluding hydrogens is 525 g/mol. The molecule has 0 bridgehead atoms. The maximum atomic E-state index is 8.03. The van der Waals surface area contributed by atoms with Crippen LogP contribution in [-0.4, -0.2) is 29.1 Å². The quantitative estimate of drug-likeness (QED) is 0.133. The molecule has 0 radical (unpaired) electrons. The summed E-state index contributed by atoms with van der Waals surface area (Å²) in [6, 6.07) is 44.3. The minimum atomic E-state index is -3.12. The first-order valence-electron chi connectivity index (χ1n) is 14.9. The van der Waals surface area contributed by atoms with Gasteiger partial charge in [-0.2, -0.15) is 0 Å². The van der Waals surface area contributed by atoms with Gasteiger partial charge in [0.15, 0.2) is 0 Å². The summed E-state index contributed by atoms with van der Waals surface area (Å²) in [5, 5.41) is 2.47. The lowest BCUT2D eigenvalue weighted by molar-refractivity contribution is 0.0713. The lowest BCUT2D eigenvalue weighted by Crippen LogP contribution is -2.84. The molecule has 0 unspecified atom stereocenters. The predicted molar refractivity (Wildman–Crippen MR) is 170 cm³/mol. The van der Waals surface area contributed by atoms with Gasteiger partial charge in [0.05, 0.1) is 0 Å². The number of unbranched alkanes of at least 4 members (excludes halogenated alkanes) is 2. The summed E-state index contributed by atoms with van der Waals surface area (Å²) < 4.78 is 22.4. The molecule has 3 nitrogen and oxygen atoms in total. The predicted octanol–water partition coefficient (Wildman–Crippen LogP) is 7.26. The summed E-state index contributed by atoms with van der Waals surface area (Å²) in [5.74, 6) is 0. The third-order valence-electron chi connectivity index (χ3n) is 8.18. The normalized spacial score (nSPS) is 17.4. The van der Waals surface area contributed by atoms with Crippen molar-refractivity contribution in [3.05, 3.63) is 132 Å². The van der Waals surface area contributed by atoms with E-state index < -0.39 is 21.5 Å². The number of hydrogen-bond acceptors (Lipinski definition) is 3. The lowest BCUT2D eigenvalue weighted by atomic mass is 9.84. The highest BCUT2D eigenvalue weighted by molar-refractivity contribution is 7.45. The van der Waals surface area contributed by atoms with Gasteiger partial charge in [-0.3, -0.25) is 0 Å². The maximum absolute atomic E-state index is 8.03. The summed E-state index contributed by atoms with van der Waals surface area (Å²) in [5.41, 5.74) is 1.77. The topological polar surface area (TPSA) is 27.7 Å². The van der Waals surface area contributed by atoms with Crippen LogP contribution in [-0.2, 0) is 18.9 Å². The molecule has 0 amide bonds. The second-order valence-electron chi connectivity index (χ2n) is 10.7. The minimum absolute atomic E-state index is 0.612. The molecule has 5 heteroatoms. The van der Waals surface area contributed by atoms with E-state index in [2.05, 4.69) is 135 Å². The van der Waals surface area contributed by atoms with E-state index in [4.69, 9.17) is 13.3 Å². The maximum Gasteiger partial charge on any atom is 0.360 e. The second kappa shape index (κ2) is 13.2. The zero-order valence-electron chi connectivity index (χ0n) is 23.9. The van der Waals surface area contributed by atoms with Gasteiger partial charge in [0.1, 0.15) is 5.60 Å². The van der Waals surface area contributed by atoms with Crippen LogP contribution in [0.5, 0.6) is 0 Å². The average Bonchev–Trinajstić information content (AvgIpc) is 3.03. The monoisotopic (exact) mass is 566 g/mol. The first-order chi connectivity index (χ1) is 19.7. The van der Waals surface area contributed by atoms with E-state index in [1.165, 1.54) is 21.5 Å². The van der Waals surface area contributed by atoms with Gasteiger partial charge >= 0.3 is 15.9 Å². The Morgan fingerprint density at radius 2 is 1.00 bits per heavy atom. The minimum Gasteiger partial charge on any atom is -0.395 e. The van der Waals surface area contributed by atoms with Crippen molar-refractivity contribution >= 4 is 26.3 Å². The Bertz CT molecular complexity index is 1210. The molecule has 1 fully saturated rings. The van der Waals surface area contributed by atoms with Crippen molar-refractivity contribution in [1.82, 2.24) is 0 Å². The Balaban J connectivity index is 1.81. The molecular formula is C35H42O3Si2. The van der Waals surface area contributed by atoms with Crippen LogP contribution in [0.3, 0.4) is 0 Å². The van der Waals surface area contributed by atoms with Crippen LogP contribution in [0.4, 0.5) is 0 Å². The molecule has 208 valence electrons. The van der Waals surface area contributed by atoms with Crippen LogP contribution in [0.15, 0.2) is 121 Å². The molecule has 1 aliphatic heterocycles. The summed E-state index contributed by atoms with van der Waals surface area (Å²) in [4.78, 5) is 0. The Hall–Kier alpha value is -2.81. The molecule has 4 aromatic carbocycles. The molecule has 1 saturated heterocycles. The standard InChI is InChI=1S/C35H42O3Si2/c1-3-5-28-36-39(37-29-6-4-2)30-27-35(31-19-11-7-12-20-31,32-21-13-8-14-22-32)38-40(39,33-23-15-9-16-24-33)34-25-17-10-18-26-34/h7-26H,3-6,27-30H2,1-2H3. The highest BCUT2D eigenvalue weighted by atomic mass is 29.3. The first-order valence-corrected chi connectivity index (χ1v) is 19.8. The molecule has 1 aliphatic rings. The Morgan fingerprint density at radius 1 is 0.600 bits per heavy atom. The third-order valence-corrected chi connectivity index (χ3v) is 21.3.